The van der Waals surface area contributed by atoms with Crippen molar-refractivity contribution in [1.82, 2.24) is 19.5 Å². The number of hydrogen-bond acceptors (Lipinski definition) is 10. The van der Waals surface area contributed by atoms with Crippen molar-refractivity contribution in [2.24, 2.45) is 5.28 Å². The number of aromatic nitrogens is 2. The maximum absolute atomic E-state index is 13.5. The third kappa shape index (κ3) is 9.32. The van der Waals surface area contributed by atoms with Gasteiger partial charge in [-0.05, 0) is 58.0 Å². The molecule has 1 heterocycles. The second-order valence-corrected chi connectivity index (χ2v) is 11.9. The van der Waals surface area contributed by atoms with E-state index in [0.29, 0.717) is 10.6 Å². The second-order valence-electron chi connectivity index (χ2n) is 10.2. The van der Waals surface area contributed by atoms with Gasteiger partial charge in [0, 0.05) is 5.56 Å². The Kier molecular flexibility index (Phi) is 10.1. The number of carbonyl (C=O) groups is 2. The normalized spacial score (nSPS) is 12.4. The fourth-order valence-corrected chi connectivity index (χ4v) is 4.39. The fourth-order valence-electron chi connectivity index (χ4n) is 3.41. The van der Waals surface area contributed by atoms with Gasteiger partial charge in [-0.3, -0.25) is 4.79 Å². The number of likely N-dealkylation sites (N-methyl/N-ethyl adjacent to an activating group) is 1. The first kappa shape index (κ1) is 33.6. The average Bonchev–Trinajstić information content (AvgIpc) is 3.36. The SMILES string of the molecule is Cc1ccc(-c2cc(C(F)(F)F)nn2-c2ccc(S(=O)(=O)NC(=O)CN(C)[N+]([O-])=NOCOC(=O)OC(C)(C)C)cc2)cc1. The highest BCUT2D eigenvalue weighted by Gasteiger charge is 2.35. The van der Waals surface area contributed by atoms with Crippen molar-refractivity contribution in [3.63, 3.8) is 0 Å². The van der Waals surface area contributed by atoms with Gasteiger partial charge in [0.25, 0.3) is 22.7 Å². The number of rotatable bonds is 10. The minimum atomic E-state index is -4.72. The molecule has 0 saturated heterocycles. The predicted octanol–water partition coefficient (Wildman–Crippen LogP) is 4.32. The lowest BCUT2D eigenvalue weighted by atomic mass is 10.1. The Hall–Kier alpha value is -4.87. The summed E-state index contributed by atoms with van der Waals surface area (Å²) in [6, 6.07) is 12.2. The number of nitrogens with zero attached hydrogens (tertiary/aromatic N) is 5. The summed E-state index contributed by atoms with van der Waals surface area (Å²) in [6.07, 6.45) is -5.79. The molecule has 18 heteroatoms. The highest BCUT2D eigenvalue weighted by Crippen LogP contribution is 2.33. The second kappa shape index (κ2) is 13.2. The van der Waals surface area contributed by atoms with Crippen molar-refractivity contribution in [2.75, 3.05) is 20.4 Å². The molecule has 44 heavy (non-hydrogen) atoms. The Bertz CT molecular complexity index is 1620. The van der Waals surface area contributed by atoms with E-state index in [-0.39, 0.29) is 21.2 Å². The average molecular weight is 643 g/mol. The largest absolute Gasteiger partial charge is 0.569 e. The van der Waals surface area contributed by atoms with Gasteiger partial charge in [-0.25, -0.2) is 22.6 Å². The molecule has 0 spiro atoms. The maximum Gasteiger partial charge on any atom is 0.511 e. The van der Waals surface area contributed by atoms with Gasteiger partial charge >= 0.3 is 12.3 Å². The van der Waals surface area contributed by atoms with Crippen molar-refractivity contribution in [3.8, 4) is 16.9 Å². The predicted molar refractivity (Wildman–Crippen MR) is 146 cm³/mol. The number of hydrogen-bond donors (Lipinski definition) is 1. The van der Waals surface area contributed by atoms with Crippen LogP contribution in [-0.2, 0) is 35.3 Å². The zero-order chi connectivity index (χ0) is 32.9. The van der Waals surface area contributed by atoms with Crippen molar-refractivity contribution < 1.29 is 50.5 Å². The Balaban J connectivity index is 1.67. The first-order chi connectivity index (χ1) is 20.4. The molecule has 0 aliphatic rings. The van der Waals surface area contributed by atoms with Crippen molar-refractivity contribution in [1.29, 1.82) is 0 Å². The first-order valence-electron chi connectivity index (χ1n) is 12.6. The lowest BCUT2D eigenvalue weighted by Crippen LogP contribution is -2.40. The summed E-state index contributed by atoms with van der Waals surface area (Å²) in [5.41, 5.74) is -0.361. The van der Waals surface area contributed by atoms with E-state index in [2.05, 4.69) is 20.0 Å². The lowest BCUT2D eigenvalue weighted by Gasteiger charge is -2.18. The number of nitrogens with one attached hydrogen (secondary N) is 1. The van der Waals surface area contributed by atoms with Crippen LogP contribution in [0.3, 0.4) is 0 Å². The number of sulfonamides is 1. The Morgan fingerprint density at radius 1 is 1.09 bits per heavy atom. The Labute approximate surface area is 250 Å². The van der Waals surface area contributed by atoms with Gasteiger partial charge in [0.2, 0.25) is 5.28 Å². The van der Waals surface area contributed by atoms with Crippen LogP contribution in [0, 0.1) is 12.1 Å². The van der Waals surface area contributed by atoms with E-state index in [4.69, 9.17) is 4.74 Å². The van der Waals surface area contributed by atoms with Crippen LogP contribution >= 0.6 is 0 Å². The third-order valence-corrected chi connectivity index (χ3v) is 6.79. The minimum absolute atomic E-state index is 0.122. The molecular formula is C26H29F3N6O8S. The molecule has 1 amide bonds. The van der Waals surface area contributed by atoms with Crippen LogP contribution < -0.4 is 4.72 Å². The number of carbonyl (C=O) groups excluding carboxylic acids is 2. The molecule has 0 radical (unpaired) electrons. The molecule has 0 unspecified atom stereocenters. The van der Waals surface area contributed by atoms with Crippen molar-refractivity contribution in [3.05, 3.63) is 71.1 Å². The zero-order valence-corrected chi connectivity index (χ0v) is 25.0. The molecule has 1 aromatic heterocycles. The van der Waals surface area contributed by atoms with E-state index in [0.717, 1.165) is 35.5 Å². The van der Waals surface area contributed by atoms with Gasteiger partial charge in [0.05, 0.1) is 28.3 Å². The molecular weight excluding hydrogens is 613 g/mol. The van der Waals surface area contributed by atoms with Crippen LogP contribution in [0.2, 0.25) is 0 Å². The molecule has 0 bridgehead atoms. The molecule has 0 aliphatic carbocycles. The quantitative estimate of drug-likeness (QED) is 0.0840. The molecule has 2 aromatic carbocycles. The van der Waals surface area contributed by atoms with E-state index in [1.807, 2.05) is 6.92 Å². The molecule has 14 nitrogen and oxygen atoms in total. The molecule has 3 rings (SSSR count). The van der Waals surface area contributed by atoms with Gasteiger partial charge < -0.3 is 19.5 Å². The van der Waals surface area contributed by atoms with E-state index in [9.17, 15) is 36.4 Å². The first-order valence-corrected chi connectivity index (χ1v) is 14.1. The Morgan fingerprint density at radius 3 is 2.27 bits per heavy atom. The monoisotopic (exact) mass is 642 g/mol. The van der Waals surface area contributed by atoms with Crippen molar-refractivity contribution >= 4 is 22.1 Å². The fraction of sp³-hybridized carbons (Fsp3) is 0.346. The summed E-state index contributed by atoms with van der Waals surface area (Å²) >= 11 is 0. The number of alkyl halides is 3. The summed E-state index contributed by atoms with van der Waals surface area (Å²) in [6.45, 7) is 5.08. The van der Waals surface area contributed by atoms with Crippen LogP contribution in [0.1, 0.15) is 32.0 Å². The van der Waals surface area contributed by atoms with Crippen LogP contribution in [-0.4, -0.2) is 66.2 Å². The number of halogens is 3. The molecule has 1 N–H and O–H groups in total. The van der Waals surface area contributed by atoms with Crippen LogP contribution in [0.4, 0.5) is 18.0 Å². The molecule has 0 fully saturated rings. The molecule has 0 aliphatic heterocycles. The van der Waals surface area contributed by atoms with Gasteiger partial charge in [0.1, 0.15) is 5.60 Å². The van der Waals surface area contributed by atoms with Crippen LogP contribution in [0.25, 0.3) is 16.9 Å². The third-order valence-electron chi connectivity index (χ3n) is 5.40. The minimum Gasteiger partial charge on any atom is -0.569 e. The van der Waals surface area contributed by atoms with E-state index in [1.54, 1.807) is 49.8 Å². The topological polar surface area (TPSA) is 167 Å². The summed E-state index contributed by atoms with van der Waals surface area (Å²) in [5.74, 6) is -1.12. The van der Waals surface area contributed by atoms with Gasteiger partial charge in [0.15, 0.2) is 12.2 Å². The Morgan fingerprint density at radius 2 is 1.70 bits per heavy atom. The van der Waals surface area contributed by atoms with Gasteiger partial charge in [-0.2, -0.15) is 18.3 Å². The number of hydrazine groups is 1. The van der Waals surface area contributed by atoms with E-state index in [1.165, 1.54) is 12.1 Å². The molecule has 0 saturated carbocycles. The van der Waals surface area contributed by atoms with Crippen LogP contribution in [0.15, 0.2) is 64.8 Å². The zero-order valence-electron chi connectivity index (χ0n) is 24.2. The molecule has 3 aromatic rings. The highest BCUT2D eigenvalue weighted by molar-refractivity contribution is 7.90. The smallest absolute Gasteiger partial charge is 0.511 e. The standard InChI is InChI=1S/C26H29F3N6O8S/c1-17-6-8-18(9-7-17)21-14-22(26(27,28)29)30-34(21)19-10-12-20(13-11-19)44(39,40)31-23(36)15-33(5)35(38)32-42-16-41-24(37)43-25(2,3)4/h6-14H,15-16H2,1-5H3,(H,31,36). The van der Waals surface area contributed by atoms with Gasteiger partial charge in [-0.15, -0.1) is 5.01 Å². The van der Waals surface area contributed by atoms with E-state index >= 15 is 0 Å². The van der Waals surface area contributed by atoms with Gasteiger partial charge in [-0.1, -0.05) is 29.8 Å². The van der Waals surface area contributed by atoms with E-state index < -0.39 is 52.9 Å². The van der Waals surface area contributed by atoms with Crippen LogP contribution in [0.5, 0.6) is 0 Å². The summed E-state index contributed by atoms with van der Waals surface area (Å²) in [7, 11) is -3.35. The summed E-state index contributed by atoms with van der Waals surface area (Å²) < 4.78 is 78.1. The van der Waals surface area contributed by atoms with Crippen molar-refractivity contribution in [2.45, 2.75) is 44.4 Å². The highest BCUT2D eigenvalue weighted by atomic mass is 32.2. The summed E-state index contributed by atoms with van der Waals surface area (Å²) in [5, 5.41) is 19.3. The number of amides is 1. The maximum atomic E-state index is 13.5. The number of benzene rings is 2. The number of ether oxygens (including phenoxy) is 2. The lowest BCUT2D eigenvalue weighted by molar-refractivity contribution is -0.704. The number of aryl methyl sites for hydroxylation is 1. The molecule has 238 valence electrons. The molecule has 0 atom stereocenters. The summed E-state index contributed by atoms with van der Waals surface area (Å²) in [4.78, 5) is 27.7.